The monoisotopic (exact) mass is 522 g/mol. The van der Waals surface area contributed by atoms with Crippen LogP contribution in [0.4, 0.5) is 5.69 Å². The van der Waals surface area contributed by atoms with Crippen molar-refractivity contribution in [3.63, 3.8) is 0 Å². The molecule has 0 aliphatic carbocycles. The van der Waals surface area contributed by atoms with E-state index in [0.29, 0.717) is 31.7 Å². The van der Waals surface area contributed by atoms with Gasteiger partial charge in [0.15, 0.2) is 0 Å². The van der Waals surface area contributed by atoms with Gasteiger partial charge in [0.1, 0.15) is 5.75 Å². The van der Waals surface area contributed by atoms with Crippen molar-refractivity contribution in [3.8, 4) is 5.75 Å². The van der Waals surface area contributed by atoms with Gasteiger partial charge in [-0.2, -0.15) is 4.31 Å². The van der Waals surface area contributed by atoms with E-state index in [1.54, 1.807) is 25.3 Å². The molecule has 1 saturated heterocycles. The van der Waals surface area contributed by atoms with Crippen LogP contribution in [0.2, 0.25) is 0 Å². The Kier molecular flexibility index (Phi) is 8.01. The summed E-state index contributed by atoms with van der Waals surface area (Å²) in [4.78, 5) is 13.3. The molecular weight excluding hydrogens is 492 g/mol. The van der Waals surface area contributed by atoms with Crippen LogP contribution >= 0.6 is 15.9 Å². The van der Waals surface area contributed by atoms with Gasteiger partial charge in [-0.15, -0.1) is 0 Å². The number of ether oxygens (including phenoxy) is 1. The van der Waals surface area contributed by atoms with Gasteiger partial charge in [-0.05, 0) is 79.6 Å². The molecule has 0 saturated carbocycles. The molecule has 3 rings (SSSR count). The number of piperidine rings is 1. The van der Waals surface area contributed by atoms with Crippen molar-refractivity contribution in [2.45, 2.75) is 51.3 Å². The summed E-state index contributed by atoms with van der Waals surface area (Å²) in [5, 5.41) is 3.14. The van der Waals surface area contributed by atoms with Crippen molar-refractivity contribution >= 4 is 37.5 Å². The Hall–Kier alpha value is -1.90. The van der Waals surface area contributed by atoms with E-state index in [0.717, 1.165) is 39.7 Å². The van der Waals surface area contributed by atoms with Crippen LogP contribution in [0.5, 0.6) is 5.75 Å². The fourth-order valence-electron chi connectivity index (χ4n) is 4.19. The molecule has 2 aromatic carbocycles. The Bertz CT molecular complexity index is 1070. The molecule has 1 aliphatic heterocycles. The van der Waals surface area contributed by atoms with Gasteiger partial charge in [-0.25, -0.2) is 8.42 Å². The lowest BCUT2D eigenvalue weighted by molar-refractivity contribution is -0.120. The zero-order valence-corrected chi connectivity index (χ0v) is 21.5. The van der Waals surface area contributed by atoms with Gasteiger partial charge in [0.25, 0.3) is 0 Å². The lowest BCUT2D eigenvalue weighted by Crippen LogP contribution is -2.41. The molecule has 0 bridgehead atoms. The fourth-order valence-corrected chi connectivity index (χ4v) is 6.30. The van der Waals surface area contributed by atoms with Gasteiger partial charge >= 0.3 is 0 Å². The predicted octanol–water partition coefficient (Wildman–Crippen LogP) is 4.93. The number of anilines is 1. The van der Waals surface area contributed by atoms with E-state index in [1.165, 1.54) is 4.31 Å². The lowest BCUT2D eigenvalue weighted by Gasteiger charge is -2.31. The summed E-state index contributed by atoms with van der Waals surface area (Å²) in [6, 6.07) is 8.98. The van der Waals surface area contributed by atoms with E-state index in [-0.39, 0.29) is 16.7 Å². The number of methoxy groups -OCH3 is 1. The number of rotatable bonds is 7. The van der Waals surface area contributed by atoms with Crippen molar-refractivity contribution in [2.24, 2.45) is 5.92 Å². The molecule has 6 nitrogen and oxygen atoms in total. The molecule has 0 unspecified atom stereocenters. The Morgan fingerprint density at radius 1 is 1.12 bits per heavy atom. The van der Waals surface area contributed by atoms with Gasteiger partial charge in [0.2, 0.25) is 15.9 Å². The van der Waals surface area contributed by atoms with Crippen LogP contribution in [-0.4, -0.2) is 38.8 Å². The van der Waals surface area contributed by atoms with E-state index in [4.69, 9.17) is 4.74 Å². The Morgan fingerprint density at radius 3 is 2.22 bits per heavy atom. The van der Waals surface area contributed by atoms with Gasteiger partial charge in [-0.3, -0.25) is 4.79 Å². The first-order valence-corrected chi connectivity index (χ1v) is 13.2. The molecule has 1 N–H and O–H groups in total. The minimum absolute atomic E-state index is 0.0333. The van der Waals surface area contributed by atoms with E-state index >= 15 is 0 Å². The number of hydrogen-bond donors (Lipinski definition) is 1. The number of nitrogens with zero attached hydrogens (tertiary/aromatic N) is 1. The van der Waals surface area contributed by atoms with Crippen LogP contribution in [0, 0.1) is 12.8 Å². The molecule has 0 spiro atoms. The summed E-state index contributed by atoms with van der Waals surface area (Å²) in [6.45, 7) is 6.62. The smallest absolute Gasteiger partial charge is 0.243 e. The van der Waals surface area contributed by atoms with E-state index < -0.39 is 10.0 Å². The second-order valence-electron chi connectivity index (χ2n) is 8.11. The number of aryl methyl sites for hydroxylation is 3. The van der Waals surface area contributed by atoms with Crippen LogP contribution in [0.3, 0.4) is 0 Å². The van der Waals surface area contributed by atoms with Gasteiger partial charge < -0.3 is 10.1 Å². The third kappa shape index (κ3) is 5.18. The SMILES string of the molecule is CCc1cc(Br)cc(CC)c1NC(=O)C1CCN(S(=O)(=O)c2ccc(OC)c(C)c2)CC1. The molecule has 0 aromatic heterocycles. The van der Waals surface area contributed by atoms with Crippen molar-refractivity contribution in [3.05, 3.63) is 51.5 Å². The van der Waals surface area contributed by atoms with Gasteiger partial charge in [0.05, 0.1) is 12.0 Å². The highest BCUT2D eigenvalue weighted by Crippen LogP contribution is 2.30. The third-order valence-corrected chi connectivity index (χ3v) is 8.46. The van der Waals surface area contributed by atoms with Crippen molar-refractivity contribution < 1.29 is 17.9 Å². The molecular formula is C24H31BrN2O4S. The number of halogens is 1. The van der Waals surface area contributed by atoms with Gasteiger partial charge in [0, 0.05) is 29.2 Å². The lowest BCUT2D eigenvalue weighted by atomic mass is 9.96. The maximum absolute atomic E-state index is 13.1. The zero-order chi connectivity index (χ0) is 23.5. The average Bonchev–Trinajstić information content (AvgIpc) is 2.79. The minimum atomic E-state index is -3.60. The average molecular weight is 523 g/mol. The molecule has 1 aliphatic rings. The zero-order valence-electron chi connectivity index (χ0n) is 19.1. The molecule has 2 aromatic rings. The summed E-state index contributed by atoms with van der Waals surface area (Å²) < 4.78 is 33.9. The van der Waals surface area contributed by atoms with Crippen LogP contribution in [-0.2, 0) is 27.7 Å². The van der Waals surface area contributed by atoms with E-state index in [9.17, 15) is 13.2 Å². The number of carbonyl (C=O) groups excluding carboxylic acids is 1. The number of benzene rings is 2. The first kappa shape index (κ1) is 24.7. The maximum Gasteiger partial charge on any atom is 0.243 e. The highest BCUT2D eigenvalue weighted by atomic mass is 79.9. The Balaban J connectivity index is 1.69. The second-order valence-corrected chi connectivity index (χ2v) is 11.0. The molecule has 0 atom stereocenters. The number of sulfonamides is 1. The molecule has 1 amide bonds. The molecule has 174 valence electrons. The van der Waals surface area contributed by atoms with Crippen LogP contribution in [0.1, 0.15) is 43.4 Å². The van der Waals surface area contributed by atoms with Crippen molar-refractivity contribution in [1.82, 2.24) is 4.31 Å². The van der Waals surface area contributed by atoms with E-state index in [2.05, 4.69) is 35.1 Å². The first-order valence-electron chi connectivity index (χ1n) is 11.0. The summed E-state index contributed by atoms with van der Waals surface area (Å²) in [6.07, 6.45) is 2.64. The molecule has 1 fully saturated rings. The molecule has 32 heavy (non-hydrogen) atoms. The summed E-state index contributed by atoms with van der Waals surface area (Å²) in [5.74, 6) is 0.413. The quantitative estimate of drug-likeness (QED) is 0.559. The minimum Gasteiger partial charge on any atom is -0.496 e. The summed E-state index contributed by atoms with van der Waals surface area (Å²) in [7, 11) is -2.04. The van der Waals surface area contributed by atoms with Crippen molar-refractivity contribution in [2.75, 3.05) is 25.5 Å². The summed E-state index contributed by atoms with van der Waals surface area (Å²) in [5.41, 5.74) is 3.86. The van der Waals surface area contributed by atoms with Crippen LogP contribution in [0.25, 0.3) is 0 Å². The standard InChI is InChI=1S/C24H31BrN2O4S/c1-5-17-14-20(25)15-18(6-2)23(17)26-24(28)19-9-11-27(12-10-19)32(29,30)21-7-8-22(31-4)16(3)13-21/h7-8,13-15,19H,5-6,9-12H2,1-4H3,(H,26,28). The van der Waals surface area contributed by atoms with Crippen molar-refractivity contribution in [1.29, 1.82) is 0 Å². The molecule has 1 heterocycles. The molecule has 0 radical (unpaired) electrons. The van der Waals surface area contributed by atoms with Gasteiger partial charge in [-0.1, -0.05) is 29.8 Å². The fraction of sp³-hybridized carbons (Fsp3) is 0.458. The Morgan fingerprint density at radius 2 is 1.72 bits per heavy atom. The normalized spacial score (nSPS) is 15.5. The van der Waals surface area contributed by atoms with E-state index in [1.807, 2.05) is 19.1 Å². The predicted molar refractivity (Wildman–Crippen MR) is 131 cm³/mol. The highest BCUT2D eigenvalue weighted by Gasteiger charge is 2.32. The number of hydrogen-bond acceptors (Lipinski definition) is 4. The summed E-state index contributed by atoms with van der Waals surface area (Å²) >= 11 is 3.55. The number of amides is 1. The van der Waals surface area contributed by atoms with Crippen LogP contribution in [0.15, 0.2) is 39.7 Å². The topological polar surface area (TPSA) is 75.7 Å². The number of nitrogens with one attached hydrogen (secondary N) is 1. The first-order chi connectivity index (χ1) is 15.2. The second kappa shape index (κ2) is 10.4. The highest BCUT2D eigenvalue weighted by molar-refractivity contribution is 9.10. The Labute approximate surface area is 199 Å². The molecule has 8 heteroatoms. The number of carbonyl (C=O) groups is 1. The third-order valence-electron chi connectivity index (χ3n) is 6.11. The largest absolute Gasteiger partial charge is 0.496 e. The van der Waals surface area contributed by atoms with Crippen LogP contribution < -0.4 is 10.1 Å². The maximum atomic E-state index is 13.1.